The Kier molecular flexibility index (Phi) is 3.42. The van der Waals surface area contributed by atoms with Crippen molar-refractivity contribution in [1.82, 2.24) is 10.2 Å². The van der Waals surface area contributed by atoms with E-state index in [0.29, 0.717) is 12.6 Å². The van der Waals surface area contributed by atoms with Crippen molar-refractivity contribution in [3.63, 3.8) is 0 Å². The summed E-state index contributed by atoms with van der Waals surface area (Å²) in [6.07, 6.45) is 5.29. The summed E-state index contributed by atoms with van der Waals surface area (Å²) in [7, 11) is 0. The summed E-state index contributed by atoms with van der Waals surface area (Å²) >= 11 is 0. The minimum Gasteiger partial charge on any atom is -0.395 e. The lowest BCUT2D eigenvalue weighted by Gasteiger charge is -2.33. The monoisotopic (exact) mass is 198 g/mol. The number of hydrogen-bond acceptors (Lipinski definition) is 3. The van der Waals surface area contributed by atoms with E-state index in [9.17, 15) is 0 Å². The fraction of sp³-hybridized carbons (Fsp3) is 1.00. The number of rotatable bonds is 2. The van der Waals surface area contributed by atoms with Crippen molar-refractivity contribution >= 4 is 0 Å². The van der Waals surface area contributed by atoms with Crippen LogP contribution in [0.5, 0.6) is 0 Å². The quantitative estimate of drug-likeness (QED) is 0.681. The van der Waals surface area contributed by atoms with Crippen molar-refractivity contribution in [2.75, 3.05) is 19.7 Å². The molecule has 3 nitrogen and oxygen atoms in total. The first kappa shape index (κ1) is 10.4. The summed E-state index contributed by atoms with van der Waals surface area (Å²) in [6, 6.07) is 2.03. The number of nitrogens with zero attached hydrogens (tertiary/aromatic N) is 1. The highest BCUT2D eigenvalue weighted by molar-refractivity contribution is 4.90. The number of aliphatic hydroxyl groups is 1. The Morgan fingerprint density at radius 3 is 3.07 bits per heavy atom. The van der Waals surface area contributed by atoms with Gasteiger partial charge in [-0.3, -0.25) is 4.90 Å². The second-order valence-corrected chi connectivity index (χ2v) is 4.80. The molecule has 2 aliphatic rings. The van der Waals surface area contributed by atoms with Gasteiger partial charge in [0.15, 0.2) is 0 Å². The van der Waals surface area contributed by atoms with Crippen molar-refractivity contribution in [1.29, 1.82) is 0 Å². The fourth-order valence-electron chi connectivity index (χ4n) is 3.01. The van der Waals surface area contributed by atoms with Gasteiger partial charge in [0.25, 0.3) is 0 Å². The molecule has 3 unspecified atom stereocenters. The van der Waals surface area contributed by atoms with Crippen LogP contribution in [0.2, 0.25) is 0 Å². The highest BCUT2D eigenvalue weighted by Gasteiger charge is 2.31. The molecule has 2 N–H and O–H groups in total. The van der Waals surface area contributed by atoms with Gasteiger partial charge < -0.3 is 10.4 Å². The van der Waals surface area contributed by atoms with Gasteiger partial charge in [0, 0.05) is 31.2 Å². The molecular weight excluding hydrogens is 176 g/mol. The van der Waals surface area contributed by atoms with E-state index in [-0.39, 0.29) is 0 Å². The van der Waals surface area contributed by atoms with E-state index in [0.717, 1.165) is 25.2 Å². The molecule has 1 saturated heterocycles. The van der Waals surface area contributed by atoms with Crippen molar-refractivity contribution < 1.29 is 5.11 Å². The second-order valence-electron chi connectivity index (χ2n) is 4.80. The second kappa shape index (κ2) is 4.60. The Morgan fingerprint density at radius 1 is 1.43 bits per heavy atom. The molecule has 3 atom stereocenters. The standard InChI is InChI=1S/C11H22N2O/c1-9-8-13(5-6-14)11-4-2-3-10(7-11)12-9/h9-12,14H,2-8H2,1H3. The van der Waals surface area contributed by atoms with Gasteiger partial charge in [-0.05, 0) is 26.2 Å². The molecule has 14 heavy (non-hydrogen) atoms. The molecule has 82 valence electrons. The molecule has 2 fully saturated rings. The topological polar surface area (TPSA) is 35.5 Å². The van der Waals surface area contributed by atoms with E-state index in [1.165, 1.54) is 25.7 Å². The van der Waals surface area contributed by atoms with E-state index >= 15 is 0 Å². The lowest BCUT2D eigenvalue weighted by Crippen LogP contribution is -2.41. The molecule has 0 radical (unpaired) electrons. The molecule has 1 saturated carbocycles. The zero-order chi connectivity index (χ0) is 9.97. The summed E-state index contributed by atoms with van der Waals surface area (Å²) in [4.78, 5) is 2.47. The maximum Gasteiger partial charge on any atom is 0.0558 e. The van der Waals surface area contributed by atoms with Crippen molar-refractivity contribution in [2.24, 2.45) is 0 Å². The minimum atomic E-state index is 0.299. The third-order valence-electron chi connectivity index (χ3n) is 3.58. The fourth-order valence-corrected chi connectivity index (χ4v) is 3.01. The number of hydrogen-bond donors (Lipinski definition) is 2. The summed E-state index contributed by atoms with van der Waals surface area (Å²) in [6.45, 7) is 4.50. The van der Waals surface area contributed by atoms with Gasteiger partial charge in [-0.15, -0.1) is 0 Å². The summed E-state index contributed by atoms with van der Waals surface area (Å²) in [5, 5.41) is 12.7. The Morgan fingerprint density at radius 2 is 2.29 bits per heavy atom. The molecule has 0 amide bonds. The highest BCUT2D eigenvalue weighted by atomic mass is 16.3. The number of nitrogens with one attached hydrogen (secondary N) is 1. The Balaban J connectivity index is 2.01. The van der Waals surface area contributed by atoms with Crippen LogP contribution in [0.4, 0.5) is 0 Å². The van der Waals surface area contributed by atoms with Crippen LogP contribution < -0.4 is 5.32 Å². The van der Waals surface area contributed by atoms with Gasteiger partial charge in [0.2, 0.25) is 0 Å². The molecule has 1 aliphatic heterocycles. The molecule has 1 heterocycles. The maximum absolute atomic E-state index is 9.03. The lowest BCUT2D eigenvalue weighted by molar-refractivity contribution is 0.132. The van der Waals surface area contributed by atoms with Gasteiger partial charge in [0.1, 0.15) is 0 Å². The smallest absolute Gasteiger partial charge is 0.0558 e. The Labute approximate surface area is 86.5 Å². The zero-order valence-corrected chi connectivity index (χ0v) is 9.08. The third-order valence-corrected chi connectivity index (χ3v) is 3.58. The van der Waals surface area contributed by atoms with Crippen LogP contribution in [-0.2, 0) is 0 Å². The molecule has 0 aromatic carbocycles. The summed E-state index contributed by atoms with van der Waals surface area (Å²) < 4.78 is 0. The van der Waals surface area contributed by atoms with Crippen LogP contribution in [-0.4, -0.2) is 47.8 Å². The van der Waals surface area contributed by atoms with Gasteiger partial charge in [-0.2, -0.15) is 0 Å². The van der Waals surface area contributed by atoms with Crippen molar-refractivity contribution in [3.8, 4) is 0 Å². The first-order valence-corrected chi connectivity index (χ1v) is 5.90. The zero-order valence-electron chi connectivity index (χ0n) is 9.08. The van der Waals surface area contributed by atoms with E-state index in [1.54, 1.807) is 0 Å². The molecule has 3 heteroatoms. The predicted molar refractivity (Wildman–Crippen MR) is 57.3 cm³/mol. The van der Waals surface area contributed by atoms with Gasteiger partial charge in [-0.25, -0.2) is 0 Å². The predicted octanol–water partition coefficient (Wildman–Crippen LogP) is 0.584. The van der Waals surface area contributed by atoms with Crippen LogP contribution in [0, 0.1) is 0 Å². The van der Waals surface area contributed by atoms with Crippen molar-refractivity contribution in [2.45, 2.75) is 50.7 Å². The Bertz CT molecular complexity index is 186. The summed E-state index contributed by atoms with van der Waals surface area (Å²) in [5.41, 5.74) is 0. The third kappa shape index (κ3) is 2.27. The van der Waals surface area contributed by atoms with Gasteiger partial charge >= 0.3 is 0 Å². The molecule has 0 spiro atoms. The summed E-state index contributed by atoms with van der Waals surface area (Å²) in [5.74, 6) is 0. The first-order chi connectivity index (χ1) is 6.79. The van der Waals surface area contributed by atoms with E-state index in [4.69, 9.17) is 5.11 Å². The van der Waals surface area contributed by atoms with Crippen LogP contribution >= 0.6 is 0 Å². The molecule has 1 aliphatic carbocycles. The van der Waals surface area contributed by atoms with Crippen LogP contribution in [0.1, 0.15) is 32.6 Å². The van der Waals surface area contributed by atoms with Gasteiger partial charge in [-0.1, -0.05) is 6.42 Å². The first-order valence-electron chi connectivity index (χ1n) is 5.90. The largest absolute Gasteiger partial charge is 0.395 e. The number of β-amino-alcohol motifs (C(OH)–C–C–N with tert-alkyl or cyclic N) is 1. The van der Waals surface area contributed by atoms with E-state index < -0.39 is 0 Å². The Hall–Kier alpha value is -0.120. The molecule has 0 aromatic heterocycles. The molecule has 2 bridgehead atoms. The average Bonchev–Trinajstić information content (AvgIpc) is 2.26. The normalized spacial score (nSPS) is 39.4. The molecule has 0 aromatic rings. The van der Waals surface area contributed by atoms with Crippen LogP contribution in [0.25, 0.3) is 0 Å². The van der Waals surface area contributed by atoms with E-state index in [1.807, 2.05) is 0 Å². The average molecular weight is 198 g/mol. The van der Waals surface area contributed by atoms with Crippen LogP contribution in [0.3, 0.4) is 0 Å². The maximum atomic E-state index is 9.03. The van der Waals surface area contributed by atoms with Crippen LogP contribution in [0.15, 0.2) is 0 Å². The SMILES string of the molecule is CC1CN(CCO)C2CCCC(C2)N1. The lowest BCUT2D eigenvalue weighted by atomic mass is 9.91. The number of fused-ring (bicyclic) bond motifs is 2. The minimum absolute atomic E-state index is 0.299. The van der Waals surface area contributed by atoms with Crippen molar-refractivity contribution in [3.05, 3.63) is 0 Å². The molecule has 2 rings (SSSR count). The number of aliphatic hydroxyl groups excluding tert-OH is 1. The van der Waals surface area contributed by atoms with Gasteiger partial charge in [0.05, 0.1) is 6.61 Å². The highest BCUT2D eigenvalue weighted by Crippen LogP contribution is 2.25. The van der Waals surface area contributed by atoms with E-state index in [2.05, 4.69) is 17.1 Å². The molecular formula is C11H22N2O.